The minimum absolute atomic E-state index is 0.00762. The van der Waals surface area contributed by atoms with Crippen molar-refractivity contribution in [1.82, 2.24) is 15.0 Å². The average molecular weight is 366 g/mol. The summed E-state index contributed by atoms with van der Waals surface area (Å²) in [4.78, 5) is 19.6. The number of nitrogens with zero attached hydrogens (tertiary/aromatic N) is 3. The Morgan fingerprint density at radius 3 is 2.67 bits per heavy atom. The van der Waals surface area contributed by atoms with Crippen molar-refractivity contribution in [2.45, 2.75) is 31.2 Å². The van der Waals surface area contributed by atoms with Crippen LogP contribution in [0.2, 0.25) is 0 Å². The van der Waals surface area contributed by atoms with Gasteiger partial charge in [-0.15, -0.1) is 0 Å². The number of pyridine rings is 1. The summed E-state index contributed by atoms with van der Waals surface area (Å²) in [5.74, 6) is -0.0706. The Hall–Kier alpha value is -2.80. The molecule has 1 aromatic carbocycles. The predicted octanol–water partition coefficient (Wildman–Crippen LogP) is 3.08. The fraction of sp³-hybridized carbons (Fsp3) is 0.350. The van der Waals surface area contributed by atoms with Crippen molar-refractivity contribution < 1.29 is 13.7 Å². The summed E-state index contributed by atoms with van der Waals surface area (Å²) in [6.07, 6.45) is 2.89. The first kappa shape index (κ1) is 16.4. The number of likely N-dealkylation sites (tertiary alicyclic amines) is 1. The van der Waals surface area contributed by atoms with Crippen molar-refractivity contribution in [3.8, 4) is 11.3 Å². The van der Waals surface area contributed by atoms with Gasteiger partial charge in [0.2, 0.25) is 0 Å². The molecule has 0 radical (unpaired) electrons. The number of fused-ring (bicyclic) bond motifs is 1. The van der Waals surface area contributed by atoms with Gasteiger partial charge in [-0.25, -0.2) is 9.37 Å². The lowest BCUT2D eigenvalue weighted by Crippen LogP contribution is -2.32. The quantitative estimate of drug-likeness (QED) is 0.770. The topological polar surface area (TPSA) is 85.2 Å². The zero-order valence-corrected chi connectivity index (χ0v) is 14.7. The summed E-state index contributed by atoms with van der Waals surface area (Å²) >= 11 is 0. The van der Waals surface area contributed by atoms with Gasteiger partial charge in [-0.1, -0.05) is 5.16 Å². The maximum Gasteiger partial charge on any atom is 0.259 e. The Balaban J connectivity index is 1.66. The van der Waals surface area contributed by atoms with Crippen LogP contribution >= 0.6 is 0 Å². The van der Waals surface area contributed by atoms with Crippen molar-refractivity contribution >= 4 is 17.0 Å². The number of hydrogen-bond donors (Lipinski definition) is 1. The Morgan fingerprint density at radius 1 is 1.22 bits per heavy atom. The van der Waals surface area contributed by atoms with E-state index >= 15 is 0 Å². The standard InChI is InChI=1S/C20H19FN4O2/c21-13-5-3-11(4-6-13)16-9-15(20(26)25-8-7-14(22)10-25)17-18(12-1-2-12)24-27-19(17)23-16/h3-6,9,12,14H,1-2,7-8,10,22H2. The monoisotopic (exact) mass is 366 g/mol. The van der Waals surface area contributed by atoms with Crippen LogP contribution < -0.4 is 5.73 Å². The number of halogens is 1. The summed E-state index contributed by atoms with van der Waals surface area (Å²) in [5.41, 5.74) is 8.97. The van der Waals surface area contributed by atoms with Gasteiger partial charge in [0.15, 0.2) is 0 Å². The van der Waals surface area contributed by atoms with E-state index in [0.717, 1.165) is 30.5 Å². The molecule has 1 aliphatic carbocycles. The molecule has 3 heterocycles. The van der Waals surface area contributed by atoms with Crippen LogP contribution in [0.3, 0.4) is 0 Å². The Labute approximate surface area is 155 Å². The molecule has 0 spiro atoms. The highest BCUT2D eigenvalue weighted by molar-refractivity contribution is 6.07. The first-order chi connectivity index (χ1) is 13.1. The smallest absolute Gasteiger partial charge is 0.259 e. The zero-order valence-electron chi connectivity index (χ0n) is 14.7. The van der Waals surface area contributed by atoms with Crippen LogP contribution in [0.25, 0.3) is 22.4 Å². The third-order valence-corrected chi connectivity index (χ3v) is 5.32. The van der Waals surface area contributed by atoms with Gasteiger partial charge in [0.1, 0.15) is 5.82 Å². The van der Waals surface area contributed by atoms with E-state index in [2.05, 4.69) is 10.1 Å². The SMILES string of the molecule is NC1CCN(C(=O)c2cc(-c3ccc(F)cc3)nc3onc(C4CC4)c23)C1. The summed E-state index contributed by atoms with van der Waals surface area (Å²) in [5, 5.41) is 4.90. The van der Waals surface area contributed by atoms with E-state index in [1.807, 2.05) is 0 Å². The lowest BCUT2D eigenvalue weighted by Gasteiger charge is -2.17. The number of benzene rings is 1. The summed E-state index contributed by atoms with van der Waals surface area (Å²) < 4.78 is 18.8. The van der Waals surface area contributed by atoms with E-state index in [1.165, 1.54) is 12.1 Å². The first-order valence-corrected chi connectivity index (χ1v) is 9.21. The molecule has 1 amide bonds. The van der Waals surface area contributed by atoms with Gasteiger partial charge in [0.05, 0.1) is 22.3 Å². The van der Waals surface area contributed by atoms with E-state index in [4.69, 9.17) is 10.3 Å². The Morgan fingerprint density at radius 2 is 2.00 bits per heavy atom. The van der Waals surface area contributed by atoms with Crippen molar-refractivity contribution in [1.29, 1.82) is 0 Å². The van der Waals surface area contributed by atoms with Crippen LogP contribution in [-0.4, -0.2) is 40.1 Å². The van der Waals surface area contributed by atoms with E-state index in [1.54, 1.807) is 23.1 Å². The maximum absolute atomic E-state index is 13.3. The number of aromatic nitrogens is 2. The van der Waals surface area contributed by atoms with E-state index in [0.29, 0.717) is 41.4 Å². The van der Waals surface area contributed by atoms with Crippen LogP contribution in [0.1, 0.15) is 41.2 Å². The number of amides is 1. The molecule has 2 aromatic heterocycles. The highest BCUT2D eigenvalue weighted by atomic mass is 19.1. The summed E-state index contributed by atoms with van der Waals surface area (Å²) in [7, 11) is 0. The molecule has 27 heavy (non-hydrogen) atoms. The maximum atomic E-state index is 13.3. The summed E-state index contributed by atoms with van der Waals surface area (Å²) in [6.45, 7) is 1.18. The van der Waals surface area contributed by atoms with Gasteiger partial charge in [0, 0.05) is 30.6 Å². The molecule has 1 aliphatic heterocycles. The fourth-order valence-electron chi connectivity index (χ4n) is 3.69. The normalized spacial score (nSPS) is 19.8. The second kappa shape index (κ2) is 6.13. The summed E-state index contributed by atoms with van der Waals surface area (Å²) in [6, 6.07) is 7.80. The van der Waals surface area contributed by atoms with Crippen molar-refractivity contribution in [3.05, 3.63) is 47.4 Å². The number of hydrogen-bond acceptors (Lipinski definition) is 5. The van der Waals surface area contributed by atoms with Crippen molar-refractivity contribution in [2.24, 2.45) is 5.73 Å². The second-order valence-corrected chi connectivity index (χ2v) is 7.38. The van der Waals surface area contributed by atoms with Gasteiger partial charge in [-0.3, -0.25) is 4.79 Å². The van der Waals surface area contributed by atoms with Crippen molar-refractivity contribution in [3.63, 3.8) is 0 Å². The third-order valence-electron chi connectivity index (χ3n) is 5.32. The molecule has 5 rings (SSSR count). The first-order valence-electron chi connectivity index (χ1n) is 9.21. The molecule has 1 unspecified atom stereocenters. The zero-order chi connectivity index (χ0) is 18.5. The predicted molar refractivity (Wildman–Crippen MR) is 97.7 cm³/mol. The molecule has 7 heteroatoms. The van der Waals surface area contributed by atoms with Crippen LogP contribution in [0, 0.1) is 5.82 Å². The van der Waals surface area contributed by atoms with E-state index in [-0.39, 0.29) is 17.8 Å². The van der Waals surface area contributed by atoms with Gasteiger partial charge < -0.3 is 15.2 Å². The molecule has 2 aliphatic rings. The van der Waals surface area contributed by atoms with Crippen LogP contribution in [0.4, 0.5) is 4.39 Å². The number of rotatable bonds is 3. The van der Waals surface area contributed by atoms with Crippen LogP contribution in [0.15, 0.2) is 34.9 Å². The van der Waals surface area contributed by atoms with Crippen LogP contribution in [-0.2, 0) is 0 Å². The number of carbonyl (C=O) groups is 1. The molecule has 0 bridgehead atoms. The number of nitrogens with two attached hydrogens (primary N) is 1. The molecule has 2 N–H and O–H groups in total. The number of carbonyl (C=O) groups excluding carboxylic acids is 1. The highest BCUT2D eigenvalue weighted by Gasteiger charge is 2.34. The van der Waals surface area contributed by atoms with Crippen LogP contribution in [0.5, 0.6) is 0 Å². The average Bonchev–Trinajstić information content (AvgIpc) is 3.28. The molecule has 1 saturated carbocycles. The van der Waals surface area contributed by atoms with Gasteiger partial charge >= 0.3 is 0 Å². The van der Waals surface area contributed by atoms with E-state index in [9.17, 15) is 9.18 Å². The minimum Gasteiger partial charge on any atom is -0.337 e. The second-order valence-electron chi connectivity index (χ2n) is 7.38. The Kier molecular flexibility index (Phi) is 3.72. The van der Waals surface area contributed by atoms with E-state index < -0.39 is 0 Å². The highest BCUT2D eigenvalue weighted by Crippen LogP contribution is 2.43. The largest absolute Gasteiger partial charge is 0.337 e. The lowest BCUT2D eigenvalue weighted by molar-refractivity contribution is 0.0792. The molecule has 1 saturated heterocycles. The van der Waals surface area contributed by atoms with Gasteiger partial charge in [-0.05, 0) is 49.6 Å². The minimum atomic E-state index is -0.321. The molecule has 1 atom stereocenters. The van der Waals surface area contributed by atoms with Crippen molar-refractivity contribution in [2.75, 3.05) is 13.1 Å². The molecular formula is C20H19FN4O2. The fourth-order valence-corrected chi connectivity index (χ4v) is 3.69. The molecule has 138 valence electrons. The molecule has 6 nitrogen and oxygen atoms in total. The molecular weight excluding hydrogens is 347 g/mol. The van der Waals surface area contributed by atoms with Gasteiger partial charge in [0.25, 0.3) is 11.6 Å². The molecule has 3 aromatic rings. The Bertz CT molecular complexity index is 1030. The third kappa shape index (κ3) is 2.88. The lowest BCUT2D eigenvalue weighted by atomic mass is 10.0. The molecule has 2 fully saturated rings. The van der Waals surface area contributed by atoms with Gasteiger partial charge in [-0.2, -0.15) is 0 Å².